The maximum absolute atomic E-state index is 11.7. The van der Waals surface area contributed by atoms with E-state index in [9.17, 15) is 4.79 Å². The number of quaternary nitrogens is 2. The number of hydrogen-bond donors (Lipinski definition) is 3. The Morgan fingerprint density at radius 3 is 2.81 bits per heavy atom. The minimum Gasteiger partial charge on any atom is -0.358 e. The average molecular weight is 336 g/mol. The lowest BCUT2D eigenvalue weighted by Gasteiger charge is -2.07. The van der Waals surface area contributed by atoms with Crippen LogP contribution < -0.4 is 16.4 Å². The van der Waals surface area contributed by atoms with E-state index in [1.807, 2.05) is 21.6 Å². The Hall–Kier alpha value is 0.0900. The Bertz CT molecular complexity index is 261. The lowest BCUT2D eigenvalue weighted by molar-refractivity contribution is -0.655. The van der Waals surface area contributed by atoms with Crippen molar-refractivity contribution in [3.8, 4) is 0 Å². The van der Waals surface area contributed by atoms with Crippen LogP contribution in [0.15, 0.2) is 0 Å². The van der Waals surface area contributed by atoms with Gasteiger partial charge in [0.1, 0.15) is 0 Å². The molecule has 1 rings (SSSR count). The van der Waals surface area contributed by atoms with E-state index < -0.39 is 0 Å². The average Bonchev–Trinajstić information content (AvgIpc) is 3.00. The van der Waals surface area contributed by atoms with Crippen LogP contribution in [0.5, 0.6) is 0 Å². The zero-order chi connectivity index (χ0) is 15.2. The molecule has 124 valence electrons. The number of carbonyl (C=O) groups excluding carboxylic acids is 1. The van der Waals surface area contributed by atoms with E-state index in [0.717, 1.165) is 37.7 Å². The Morgan fingerprint density at radius 2 is 2.05 bits per heavy atom. The predicted molar refractivity (Wildman–Crippen MR) is 93.2 cm³/mol. The van der Waals surface area contributed by atoms with E-state index in [1.165, 1.54) is 44.4 Å². The molecule has 0 aromatic carbocycles. The Labute approximate surface area is 137 Å². The number of carbonyl (C=O) groups is 1. The smallest absolute Gasteiger partial charge is 0.219 e. The minimum atomic E-state index is 0.237. The van der Waals surface area contributed by atoms with Gasteiger partial charge in [-0.2, -0.15) is 0 Å². The molecule has 0 aromatic heterocycles. The normalized spacial score (nSPS) is 18.0. The van der Waals surface area contributed by atoms with E-state index in [0.29, 0.717) is 6.42 Å². The monoisotopic (exact) mass is 335 g/mol. The van der Waals surface area contributed by atoms with E-state index in [-0.39, 0.29) is 5.91 Å². The molecule has 21 heavy (non-hydrogen) atoms. The summed E-state index contributed by atoms with van der Waals surface area (Å²) in [4.78, 5) is 11.7. The molecule has 1 fully saturated rings. The van der Waals surface area contributed by atoms with Gasteiger partial charge in [-0.3, -0.25) is 4.79 Å². The summed E-state index contributed by atoms with van der Waals surface area (Å²) in [5, 5.41) is 6.23. The summed E-state index contributed by atoms with van der Waals surface area (Å²) >= 11 is 0. The third kappa shape index (κ3) is 11.3. The Morgan fingerprint density at radius 1 is 1.19 bits per heavy atom. The van der Waals surface area contributed by atoms with Crippen molar-refractivity contribution in [1.82, 2.24) is 5.32 Å². The number of amides is 1. The second kappa shape index (κ2) is 13.7. The summed E-state index contributed by atoms with van der Waals surface area (Å²) in [5.41, 5.74) is 3.84. The molecule has 0 saturated carbocycles. The van der Waals surface area contributed by atoms with E-state index in [4.69, 9.17) is 0 Å². The van der Waals surface area contributed by atoms with Crippen LogP contribution in [-0.4, -0.2) is 43.1 Å². The van der Waals surface area contributed by atoms with Gasteiger partial charge in [-0.25, -0.2) is 0 Å². The summed E-state index contributed by atoms with van der Waals surface area (Å²) in [5.74, 6) is 1.54. The van der Waals surface area contributed by atoms with Crippen molar-refractivity contribution in [1.29, 1.82) is 0 Å². The van der Waals surface area contributed by atoms with Crippen molar-refractivity contribution < 1.29 is 15.8 Å². The van der Waals surface area contributed by atoms with E-state index in [2.05, 4.69) is 16.4 Å². The molecule has 6 N–H and O–H groups in total. The van der Waals surface area contributed by atoms with Crippen LogP contribution in [0, 0.1) is 0 Å². The quantitative estimate of drug-likeness (QED) is 0.344. The van der Waals surface area contributed by atoms with Gasteiger partial charge < -0.3 is 16.4 Å². The molecule has 1 aliphatic heterocycles. The van der Waals surface area contributed by atoms with Gasteiger partial charge in [0.25, 0.3) is 0 Å². The molecular weight excluding hydrogens is 302 g/mol. The SMILES string of the molecule is [NH3+]CCCC[NH2+]CCCNC(=O)CCCCC1CCSS1. The first-order chi connectivity index (χ1) is 10.3. The highest BCUT2D eigenvalue weighted by atomic mass is 33.1. The first-order valence-electron chi connectivity index (χ1n) is 8.49. The number of nitrogens with two attached hydrogens (primary N) is 1. The second-order valence-electron chi connectivity index (χ2n) is 5.70. The molecule has 1 atom stereocenters. The van der Waals surface area contributed by atoms with Crippen LogP contribution >= 0.6 is 21.6 Å². The topological polar surface area (TPSA) is 73.3 Å². The number of rotatable bonds is 13. The maximum atomic E-state index is 11.7. The molecular formula is C15H33N3OS2+2. The molecule has 0 spiro atoms. The lowest BCUT2D eigenvalue weighted by Crippen LogP contribution is -2.84. The molecule has 1 aliphatic rings. The van der Waals surface area contributed by atoms with E-state index >= 15 is 0 Å². The van der Waals surface area contributed by atoms with Crippen molar-refractivity contribution in [2.45, 2.75) is 56.6 Å². The molecule has 1 amide bonds. The third-order valence-corrected chi connectivity index (χ3v) is 6.73. The molecule has 1 heterocycles. The van der Waals surface area contributed by atoms with Crippen LogP contribution in [0.4, 0.5) is 0 Å². The predicted octanol–water partition coefficient (Wildman–Crippen LogP) is 0.792. The van der Waals surface area contributed by atoms with Gasteiger partial charge in [-0.15, -0.1) is 0 Å². The summed E-state index contributed by atoms with van der Waals surface area (Å²) in [6.07, 6.45) is 9.15. The summed E-state index contributed by atoms with van der Waals surface area (Å²) in [7, 11) is 4.04. The first kappa shape index (κ1) is 19.1. The van der Waals surface area contributed by atoms with Gasteiger partial charge in [0, 0.05) is 43.2 Å². The van der Waals surface area contributed by atoms with Gasteiger partial charge in [0.2, 0.25) is 5.91 Å². The highest BCUT2D eigenvalue weighted by Crippen LogP contribution is 2.39. The fourth-order valence-corrected chi connectivity index (χ4v) is 5.42. The van der Waals surface area contributed by atoms with Crippen molar-refractivity contribution in [3.05, 3.63) is 0 Å². The molecule has 1 saturated heterocycles. The zero-order valence-corrected chi connectivity index (χ0v) is 14.9. The lowest BCUT2D eigenvalue weighted by atomic mass is 10.1. The van der Waals surface area contributed by atoms with Gasteiger partial charge in [-0.05, 0) is 19.3 Å². The molecule has 0 aromatic rings. The minimum absolute atomic E-state index is 0.237. The fourth-order valence-electron chi connectivity index (χ4n) is 2.39. The highest BCUT2D eigenvalue weighted by Gasteiger charge is 2.15. The molecule has 0 radical (unpaired) electrons. The van der Waals surface area contributed by atoms with Crippen molar-refractivity contribution >= 4 is 27.5 Å². The zero-order valence-electron chi connectivity index (χ0n) is 13.3. The van der Waals surface area contributed by atoms with E-state index in [1.54, 1.807) is 0 Å². The Kier molecular flexibility index (Phi) is 12.5. The van der Waals surface area contributed by atoms with Crippen molar-refractivity contribution in [2.75, 3.05) is 31.9 Å². The molecule has 1 unspecified atom stereocenters. The van der Waals surface area contributed by atoms with Crippen molar-refractivity contribution in [2.24, 2.45) is 0 Å². The van der Waals surface area contributed by atoms with Gasteiger partial charge in [0.15, 0.2) is 0 Å². The molecule has 6 heteroatoms. The maximum Gasteiger partial charge on any atom is 0.219 e. The van der Waals surface area contributed by atoms with Crippen LogP contribution in [0.1, 0.15) is 51.4 Å². The van der Waals surface area contributed by atoms with Crippen LogP contribution in [0.2, 0.25) is 0 Å². The summed E-state index contributed by atoms with van der Waals surface area (Å²) in [6.45, 7) is 4.19. The second-order valence-corrected chi connectivity index (χ2v) is 8.49. The molecule has 4 nitrogen and oxygen atoms in total. The number of nitrogens with one attached hydrogen (secondary N) is 1. The third-order valence-electron chi connectivity index (χ3n) is 3.72. The van der Waals surface area contributed by atoms with Crippen LogP contribution in [0.3, 0.4) is 0 Å². The standard InChI is InChI=1S/C15H31N3OS2/c16-9-3-4-10-17-11-5-12-18-15(19)7-2-1-6-14-8-13-20-21-14/h14,17H,1-13,16H2,(H,18,19)/p+2. The first-order valence-corrected chi connectivity index (χ1v) is 10.9. The fraction of sp³-hybridized carbons (Fsp3) is 0.933. The largest absolute Gasteiger partial charge is 0.358 e. The van der Waals surface area contributed by atoms with Gasteiger partial charge in [-0.1, -0.05) is 28.0 Å². The number of hydrogen-bond acceptors (Lipinski definition) is 3. The van der Waals surface area contributed by atoms with Crippen molar-refractivity contribution in [3.63, 3.8) is 0 Å². The van der Waals surface area contributed by atoms with Gasteiger partial charge >= 0.3 is 0 Å². The molecule has 0 bridgehead atoms. The summed E-state index contributed by atoms with van der Waals surface area (Å²) < 4.78 is 0. The number of unbranched alkanes of at least 4 members (excludes halogenated alkanes) is 2. The van der Waals surface area contributed by atoms with Crippen LogP contribution in [-0.2, 0) is 4.79 Å². The van der Waals surface area contributed by atoms with Crippen LogP contribution in [0.25, 0.3) is 0 Å². The highest BCUT2D eigenvalue weighted by molar-refractivity contribution is 8.77. The molecule has 0 aliphatic carbocycles. The Balaban J connectivity index is 1.78. The van der Waals surface area contributed by atoms with Gasteiger partial charge in [0.05, 0.1) is 19.6 Å². The summed E-state index contributed by atoms with van der Waals surface area (Å²) in [6, 6.07) is 0.